The van der Waals surface area contributed by atoms with Crippen LogP contribution in [-0.2, 0) is 9.59 Å². The van der Waals surface area contributed by atoms with Crippen LogP contribution in [-0.4, -0.2) is 77.6 Å². The molecular formula is C41H52N8O4. The first-order chi connectivity index (χ1) is 25.9. The molecule has 0 atom stereocenters. The Bertz CT molecular complexity index is 1980. The lowest BCUT2D eigenvalue weighted by atomic mass is 10.1. The molecule has 0 unspecified atom stereocenters. The molecule has 12 nitrogen and oxygen atoms in total. The van der Waals surface area contributed by atoms with E-state index in [1.165, 1.54) is 32.1 Å². The molecule has 2 saturated carbocycles. The number of rotatable bonds is 17. The number of hydrogen-bond acceptors (Lipinski definition) is 9. The molecule has 2 aromatic heterocycles. The van der Waals surface area contributed by atoms with Gasteiger partial charge in [-0.1, -0.05) is 31.7 Å². The number of nitrogens with zero attached hydrogens (tertiary/aromatic N) is 5. The summed E-state index contributed by atoms with van der Waals surface area (Å²) >= 11 is 0. The highest BCUT2D eigenvalue weighted by Crippen LogP contribution is 2.33. The normalized spacial score (nSPS) is 16.1. The Kier molecular flexibility index (Phi) is 11.5. The van der Waals surface area contributed by atoms with Crippen molar-refractivity contribution in [2.75, 3.05) is 61.9 Å². The fourth-order valence-electron chi connectivity index (χ4n) is 7.07. The molecule has 1 aliphatic heterocycles. The van der Waals surface area contributed by atoms with Crippen molar-refractivity contribution < 1.29 is 14.3 Å². The number of aryl methyl sites for hydroxylation is 1. The number of aromatic nitrogens is 3. The Morgan fingerprint density at radius 3 is 2.34 bits per heavy atom. The van der Waals surface area contributed by atoms with Crippen molar-refractivity contribution in [3.05, 3.63) is 70.6 Å². The van der Waals surface area contributed by atoms with Gasteiger partial charge in [-0.2, -0.15) is 4.98 Å². The maximum atomic E-state index is 13.4. The maximum Gasteiger partial charge on any atom is 0.257 e. The van der Waals surface area contributed by atoms with Crippen LogP contribution in [0.1, 0.15) is 69.8 Å². The Morgan fingerprint density at radius 1 is 0.849 bits per heavy atom. The van der Waals surface area contributed by atoms with Crippen LogP contribution < -0.4 is 31.1 Å². The third kappa shape index (κ3) is 9.34. The van der Waals surface area contributed by atoms with Crippen LogP contribution in [0.2, 0.25) is 0 Å². The van der Waals surface area contributed by atoms with E-state index in [4.69, 9.17) is 9.72 Å². The van der Waals surface area contributed by atoms with Gasteiger partial charge in [0, 0.05) is 79.7 Å². The van der Waals surface area contributed by atoms with Crippen LogP contribution in [0.5, 0.6) is 5.75 Å². The molecule has 3 heterocycles. The van der Waals surface area contributed by atoms with E-state index >= 15 is 0 Å². The van der Waals surface area contributed by atoms with E-state index in [0.717, 1.165) is 93.7 Å². The summed E-state index contributed by atoms with van der Waals surface area (Å²) in [6.07, 6.45) is 13.0. The van der Waals surface area contributed by atoms with E-state index in [2.05, 4.69) is 42.9 Å². The predicted molar refractivity (Wildman–Crippen MR) is 210 cm³/mol. The van der Waals surface area contributed by atoms with Gasteiger partial charge in [0.05, 0.1) is 18.5 Å². The van der Waals surface area contributed by atoms with Crippen molar-refractivity contribution in [1.82, 2.24) is 24.8 Å². The summed E-state index contributed by atoms with van der Waals surface area (Å²) in [6.45, 7) is 7.82. The van der Waals surface area contributed by atoms with Crippen molar-refractivity contribution in [2.45, 2.75) is 71.1 Å². The van der Waals surface area contributed by atoms with Gasteiger partial charge in [-0.25, -0.2) is 4.98 Å². The van der Waals surface area contributed by atoms with Gasteiger partial charge >= 0.3 is 0 Å². The summed E-state index contributed by atoms with van der Waals surface area (Å²) in [6, 6.07) is 15.0. The van der Waals surface area contributed by atoms with Gasteiger partial charge in [0.2, 0.25) is 17.8 Å². The highest BCUT2D eigenvalue weighted by atomic mass is 16.5. The second kappa shape index (κ2) is 16.8. The van der Waals surface area contributed by atoms with Crippen molar-refractivity contribution in [2.24, 2.45) is 11.8 Å². The lowest BCUT2D eigenvalue weighted by molar-refractivity contribution is -0.122. The molecule has 2 aliphatic carbocycles. The summed E-state index contributed by atoms with van der Waals surface area (Å²) in [5.74, 6) is 1.67. The number of amides is 2. The molecule has 0 bridgehead atoms. The third-order valence-corrected chi connectivity index (χ3v) is 10.6. The lowest BCUT2D eigenvalue weighted by Gasteiger charge is -2.36. The Balaban J connectivity index is 0.931. The molecule has 3 fully saturated rings. The van der Waals surface area contributed by atoms with Crippen molar-refractivity contribution in [3.8, 4) is 11.4 Å². The summed E-state index contributed by atoms with van der Waals surface area (Å²) in [5, 5.41) is 10.1. The number of nitrogens with one attached hydrogen (secondary N) is 3. The molecule has 2 aromatic carbocycles. The standard InChI is InChI=1S/C41H52N8O4/c1-28-24-37(50)49(33-11-9-10-31(25-33)44-40(52)30-14-15-30)38-34(28)27-43-41(46-38)45-35-17-16-32(26-36(35)53-2)48-22-20-47(21-23-48)19-8-6-4-3-5-7-18-42-39(51)29-12-13-29/h9-11,16-17,24-27,29-30H,3-8,12-15,18-23H2,1-2H3,(H,42,51)(H,44,52)(H,43,45,46). The SMILES string of the molecule is COc1cc(N2CCN(CCCCCCCCNC(=O)C3CC3)CC2)ccc1Nc1ncc2c(C)cc(=O)n(-c3cccc(NC(=O)C4CC4)c3)c2n1. The molecule has 3 aliphatic rings. The van der Waals surface area contributed by atoms with E-state index < -0.39 is 0 Å². The molecular weight excluding hydrogens is 669 g/mol. The molecule has 12 heteroatoms. The molecule has 3 N–H and O–H groups in total. The average Bonchev–Trinajstić information content (AvgIpc) is 4.09. The first-order valence-electron chi connectivity index (χ1n) is 19.4. The molecule has 2 amide bonds. The van der Waals surface area contributed by atoms with E-state index in [-0.39, 0.29) is 23.3 Å². The summed E-state index contributed by atoms with van der Waals surface area (Å²) in [4.78, 5) is 51.9. The monoisotopic (exact) mass is 720 g/mol. The minimum atomic E-state index is -0.217. The van der Waals surface area contributed by atoms with E-state index in [0.29, 0.717) is 34.6 Å². The highest BCUT2D eigenvalue weighted by molar-refractivity contribution is 5.94. The van der Waals surface area contributed by atoms with E-state index in [1.54, 1.807) is 30.0 Å². The number of carbonyl (C=O) groups is 2. The van der Waals surface area contributed by atoms with Gasteiger partial charge in [0.15, 0.2) is 5.65 Å². The number of ether oxygens (including phenoxy) is 1. The van der Waals surface area contributed by atoms with Gasteiger partial charge in [-0.05, 0) is 87.9 Å². The van der Waals surface area contributed by atoms with Crippen LogP contribution in [0.15, 0.2) is 59.5 Å². The fraction of sp³-hybridized carbons (Fsp3) is 0.488. The van der Waals surface area contributed by atoms with Crippen molar-refractivity contribution >= 4 is 45.9 Å². The minimum Gasteiger partial charge on any atom is -0.494 e. The number of hydrogen-bond donors (Lipinski definition) is 3. The quantitative estimate of drug-likeness (QED) is 0.109. The Hall–Kier alpha value is -4.97. The number of unbranched alkanes of at least 4 members (excludes halogenated alkanes) is 5. The number of fused-ring (bicyclic) bond motifs is 1. The fourth-order valence-corrected chi connectivity index (χ4v) is 7.07. The zero-order valence-corrected chi connectivity index (χ0v) is 31.0. The minimum absolute atomic E-state index is 0.0105. The lowest BCUT2D eigenvalue weighted by Crippen LogP contribution is -2.46. The molecule has 7 rings (SSSR count). The van der Waals surface area contributed by atoms with Crippen LogP contribution in [0, 0.1) is 18.8 Å². The summed E-state index contributed by atoms with van der Waals surface area (Å²) < 4.78 is 7.38. The van der Waals surface area contributed by atoms with Crippen molar-refractivity contribution in [1.29, 1.82) is 0 Å². The molecule has 53 heavy (non-hydrogen) atoms. The first-order valence-corrected chi connectivity index (χ1v) is 19.4. The Labute approximate surface area is 311 Å². The number of carbonyl (C=O) groups excluding carboxylic acids is 2. The molecule has 280 valence electrons. The second-order valence-electron chi connectivity index (χ2n) is 14.8. The summed E-state index contributed by atoms with van der Waals surface area (Å²) in [5.41, 5.74) is 4.12. The number of methoxy groups -OCH3 is 1. The van der Waals surface area contributed by atoms with Crippen LogP contribution >= 0.6 is 0 Å². The van der Waals surface area contributed by atoms with Crippen molar-refractivity contribution in [3.63, 3.8) is 0 Å². The second-order valence-corrected chi connectivity index (χ2v) is 14.8. The molecule has 0 spiro atoms. The zero-order valence-electron chi connectivity index (χ0n) is 31.0. The van der Waals surface area contributed by atoms with Crippen LogP contribution in [0.25, 0.3) is 16.7 Å². The third-order valence-electron chi connectivity index (χ3n) is 10.6. The maximum absolute atomic E-state index is 13.4. The molecule has 1 saturated heterocycles. The zero-order chi connectivity index (χ0) is 36.7. The topological polar surface area (TPSA) is 134 Å². The largest absolute Gasteiger partial charge is 0.494 e. The number of pyridine rings is 1. The van der Waals surface area contributed by atoms with Gasteiger partial charge in [0.1, 0.15) is 5.75 Å². The first kappa shape index (κ1) is 36.4. The highest BCUT2D eigenvalue weighted by Gasteiger charge is 2.30. The van der Waals surface area contributed by atoms with Gasteiger partial charge < -0.3 is 25.6 Å². The van der Waals surface area contributed by atoms with Gasteiger partial charge in [0.25, 0.3) is 5.56 Å². The van der Waals surface area contributed by atoms with Gasteiger partial charge in [-0.3, -0.25) is 23.9 Å². The van der Waals surface area contributed by atoms with E-state index in [1.807, 2.05) is 31.2 Å². The van der Waals surface area contributed by atoms with Gasteiger partial charge in [-0.15, -0.1) is 0 Å². The Morgan fingerprint density at radius 2 is 1.58 bits per heavy atom. The van der Waals surface area contributed by atoms with E-state index in [9.17, 15) is 14.4 Å². The predicted octanol–water partition coefficient (Wildman–Crippen LogP) is 6.18. The smallest absolute Gasteiger partial charge is 0.257 e. The number of anilines is 4. The molecule has 0 radical (unpaired) electrons. The van der Waals surface area contributed by atoms with Crippen LogP contribution in [0.4, 0.5) is 23.0 Å². The average molecular weight is 721 g/mol. The number of benzene rings is 2. The van der Waals surface area contributed by atoms with Crippen LogP contribution in [0.3, 0.4) is 0 Å². The molecule has 4 aromatic rings. The number of piperazine rings is 1. The summed E-state index contributed by atoms with van der Waals surface area (Å²) in [7, 11) is 1.66.